The topological polar surface area (TPSA) is 65.0 Å². The van der Waals surface area contributed by atoms with Crippen LogP contribution in [-0.4, -0.2) is 23.8 Å². The van der Waals surface area contributed by atoms with Crippen molar-refractivity contribution < 1.29 is 37.3 Å². The highest BCUT2D eigenvalue weighted by molar-refractivity contribution is 5.72. The Balaban J connectivity index is 1.43. The van der Waals surface area contributed by atoms with Crippen molar-refractivity contribution in [1.29, 1.82) is 0 Å². The van der Waals surface area contributed by atoms with Crippen LogP contribution in [-0.2, 0) is 22.3 Å². The molecule has 0 radical (unpaired) electrons. The third-order valence-electron chi connectivity index (χ3n) is 4.91. The number of ether oxygens (including phenoxy) is 3. The molecule has 3 aromatic rings. The van der Waals surface area contributed by atoms with Gasteiger partial charge in [-0.05, 0) is 73.4 Å². The molecule has 34 heavy (non-hydrogen) atoms. The van der Waals surface area contributed by atoms with Crippen LogP contribution in [0.3, 0.4) is 0 Å². The highest BCUT2D eigenvalue weighted by Gasteiger charge is 2.30. The zero-order valence-corrected chi connectivity index (χ0v) is 18.3. The molecule has 0 aliphatic rings. The summed E-state index contributed by atoms with van der Waals surface area (Å²) in [5, 5.41) is 9.45. The number of alkyl halides is 3. The third kappa shape index (κ3) is 8.12. The first-order valence-electron chi connectivity index (χ1n) is 10.8. The second-order valence-corrected chi connectivity index (χ2v) is 7.57. The average Bonchev–Trinajstić information content (AvgIpc) is 2.82. The Morgan fingerprint density at radius 1 is 0.824 bits per heavy atom. The third-order valence-corrected chi connectivity index (χ3v) is 4.91. The molecule has 0 saturated heterocycles. The summed E-state index contributed by atoms with van der Waals surface area (Å²) in [4.78, 5) is 11.6. The minimum Gasteiger partial charge on any atom is -0.479 e. The summed E-state index contributed by atoms with van der Waals surface area (Å²) in [5.41, 5.74) is 0.325. The number of unbranched alkanes of at least 4 members (excludes halogenated alkanes) is 1. The predicted molar refractivity (Wildman–Crippen MR) is 120 cm³/mol. The van der Waals surface area contributed by atoms with Gasteiger partial charge in [0.2, 0.25) is 0 Å². The average molecular weight is 474 g/mol. The van der Waals surface area contributed by atoms with E-state index < -0.39 is 23.8 Å². The fourth-order valence-electron chi connectivity index (χ4n) is 3.13. The zero-order valence-electron chi connectivity index (χ0n) is 18.3. The number of halogens is 3. The quantitative estimate of drug-likeness (QED) is 0.295. The molecule has 0 saturated carbocycles. The Bertz CT molecular complexity index is 1020. The number of hydrogen-bond donors (Lipinski definition) is 1. The standard InChI is InChI=1S/C26H25F3O5/c27-26(28,29)20-9-11-21(12-10-20)33-22-13-15-23(16-14-22)34-24(25(30)31)8-4-5-17-32-18-19-6-2-1-3-7-19/h1-3,6-7,9-16,24H,4-5,8,17-18H2,(H,30,31). The van der Waals surface area contributed by atoms with Gasteiger partial charge in [0.1, 0.15) is 17.2 Å². The minimum absolute atomic E-state index is 0.250. The maximum Gasteiger partial charge on any atom is 0.416 e. The number of aliphatic carboxylic acids is 1. The van der Waals surface area contributed by atoms with Crippen molar-refractivity contribution in [2.45, 2.75) is 38.1 Å². The number of carbonyl (C=O) groups is 1. The molecule has 1 atom stereocenters. The first-order chi connectivity index (χ1) is 16.3. The van der Waals surface area contributed by atoms with Gasteiger partial charge in [0.25, 0.3) is 0 Å². The van der Waals surface area contributed by atoms with Crippen LogP contribution in [0.25, 0.3) is 0 Å². The van der Waals surface area contributed by atoms with Crippen LogP contribution in [0.1, 0.15) is 30.4 Å². The summed E-state index contributed by atoms with van der Waals surface area (Å²) in [6.45, 7) is 1.04. The summed E-state index contributed by atoms with van der Waals surface area (Å²) in [6, 6.07) is 20.4. The van der Waals surface area contributed by atoms with Crippen LogP contribution in [0.2, 0.25) is 0 Å². The van der Waals surface area contributed by atoms with Crippen LogP contribution in [0.4, 0.5) is 13.2 Å². The van der Waals surface area contributed by atoms with Crippen LogP contribution < -0.4 is 9.47 Å². The Morgan fingerprint density at radius 2 is 1.41 bits per heavy atom. The monoisotopic (exact) mass is 474 g/mol. The number of rotatable bonds is 12. The Kier molecular flexibility index (Phi) is 8.93. The van der Waals surface area contributed by atoms with E-state index in [4.69, 9.17) is 14.2 Å². The predicted octanol–water partition coefficient (Wildman–Crippen LogP) is 6.72. The van der Waals surface area contributed by atoms with Gasteiger partial charge in [0.05, 0.1) is 12.2 Å². The molecule has 8 heteroatoms. The molecule has 0 amide bonds. The fraction of sp³-hybridized carbons (Fsp3) is 0.269. The van der Waals surface area contributed by atoms with Crippen molar-refractivity contribution >= 4 is 5.97 Å². The van der Waals surface area contributed by atoms with Gasteiger partial charge in [-0.1, -0.05) is 30.3 Å². The first kappa shape index (κ1) is 25.1. The number of hydrogen-bond acceptors (Lipinski definition) is 4. The maximum absolute atomic E-state index is 12.6. The smallest absolute Gasteiger partial charge is 0.416 e. The van der Waals surface area contributed by atoms with Gasteiger partial charge in [-0.25, -0.2) is 4.79 Å². The van der Waals surface area contributed by atoms with Crippen molar-refractivity contribution in [3.05, 3.63) is 90.0 Å². The second-order valence-electron chi connectivity index (χ2n) is 7.57. The minimum atomic E-state index is -4.41. The molecule has 0 fully saturated rings. The van der Waals surface area contributed by atoms with E-state index >= 15 is 0 Å². The van der Waals surface area contributed by atoms with E-state index in [-0.39, 0.29) is 5.75 Å². The highest BCUT2D eigenvalue weighted by atomic mass is 19.4. The zero-order chi connectivity index (χ0) is 24.4. The molecule has 3 aromatic carbocycles. The molecule has 1 unspecified atom stereocenters. The van der Waals surface area contributed by atoms with Gasteiger partial charge in [-0.2, -0.15) is 13.2 Å². The maximum atomic E-state index is 12.6. The molecule has 0 aromatic heterocycles. The number of carboxylic acid groups (broad SMARTS) is 1. The molecule has 0 aliphatic carbocycles. The molecule has 0 spiro atoms. The van der Waals surface area contributed by atoms with Crippen LogP contribution in [0.5, 0.6) is 17.2 Å². The number of benzene rings is 3. The summed E-state index contributed by atoms with van der Waals surface area (Å²) in [6.07, 6.45) is -3.75. The molecule has 0 bridgehead atoms. The van der Waals surface area contributed by atoms with Crippen molar-refractivity contribution in [2.24, 2.45) is 0 Å². The fourth-order valence-corrected chi connectivity index (χ4v) is 3.13. The Morgan fingerprint density at radius 3 is 2.00 bits per heavy atom. The van der Waals surface area contributed by atoms with Crippen LogP contribution in [0.15, 0.2) is 78.9 Å². The lowest BCUT2D eigenvalue weighted by Crippen LogP contribution is -2.27. The Labute approximate surface area is 195 Å². The normalized spacial score (nSPS) is 12.2. The van der Waals surface area contributed by atoms with E-state index in [0.29, 0.717) is 44.0 Å². The van der Waals surface area contributed by atoms with E-state index in [1.54, 1.807) is 24.3 Å². The summed E-state index contributed by atoms with van der Waals surface area (Å²) < 4.78 is 54.7. The summed E-state index contributed by atoms with van der Waals surface area (Å²) in [7, 11) is 0. The van der Waals surface area contributed by atoms with Gasteiger partial charge in [0, 0.05) is 6.61 Å². The van der Waals surface area contributed by atoms with Crippen molar-refractivity contribution in [2.75, 3.05) is 6.61 Å². The van der Waals surface area contributed by atoms with Crippen LogP contribution in [0, 0.1) is 0 Å². The largest absolute Gasteiger partial charge is 0.479 e. The molecular weight excluding hydrogens is 449 g/mol. The van der Waals surface area contributed by atoms with E-state index in [9.17, 15) is 23.1 Å². The lowest BCUT2D eigenvalue weighted by molar-refractivity contribution is -0.145. The van der Waals surface area contributed by atoms with Gasteiger partial charge >= 0.3 is 12.1 Å². The second kappa shape index (κ2) is 12.1. The molecule has 5 nitrogen and oxygen atoms in total. The highest BCUT2D eigenvalue weighted by Crippen LogP contribution is 2.31. The molecule has 180 valence electrons. The van der Waals surface area contributed by atoms with E-state index in [0.717, 1.165) is 17.7 Å². The van der Waals surface area contributed by atoms with Gasteiger partial charge in [0.15, 0.2) is 6.10 Å². The van der Waals surface area contributed by atoms with Gasteiger partial charge in [-0.15, -0.1) is 0 Å². The molecule has 0 heterocycles. The molecule has 3 rings (SSSR count). The first-order valence-corrected chi connectivity index (χ1v) is 10.8. The lowest BCUT2D eigenvalue weighted by Gasteiger charge is -2.15. The summed E-state index contributed by atoms with van der Waals surface area (Å²) in [5.74, 6) is -0.0723. The lowest BCUT2D eigenvalue weighted by atomic mass is 10.1. The van der Waals surface area contributed by atoms with Gasteiger partial charge < -0.3 is 19.3 Å². The van der Waals surface area contributed by atoms with E-state index in [1.807, 2.05) is 30.3 Å². The molecular formula is C26H25F3O5. The van der Waals surface area contributed by atoms with Crippen molar-refractivity contribution in [3.63, 3.8) is 0 Å². The Hall–Kier alpha value is -3.52. The van der Waals surface area contributed by atoms with Gasteiger partial charge in [-0.3, -0.25) is 0 Å². The van der Waals surface area contributed by atoms with Crippen molar-refractivity contribution in [3.8, 4) is 17.2 Å². The van der Waals surface area contributed by atoms with Crippen LogP contribution >= 0.6 is 0 Å². The molecule has 0 aliphatic heterocycles. The number of carboxylic acids is 1. The van der Waals surface area contributed by atoms with E-state index in [1.165, 1.54) is 12.1 Å². The van der Waals surface area contributed by atoms with Crippen molar-refractivity contribution in [1.82, 2.24) is 0 Å². The SMILES string of the molecule is O=C(O)C(CCCCOCc1ccccc1)Oc1ccc(Oc2ccc(C(F)(F)F)cc2)cc1. The van der Waals surface area contributed by atoms with E-state index in [2.05, 4.69) is 0 Å². The molecule has 1 N–H and O–H groups in total. The summed E-state index contributed by atoms with van der Waals surface area (Å²) >= 11 is 0.